The van der Waals surface area contributed by atoms with Gasteiger partial charge in [-0.3, -0.25) is 4.79 Å². The molecule has 0 radical (unpaired) electrons. The van der Waals surface area contributed by atoms with E-state index in [0.717, 1.165) is 9.73 Å². The van der Waals surface area contributed by atoms with Crippen molar-refractivity contribution in [1.29, 1.82) is 0 Å². The zero-order chi connectivity index (χ0) is 9.84. The van der Waals surface area contributed by atoms with Crippen molar-refractivity contribution >= 4 is 38.4 Å². The largest absolute Gasteiger partial charge is 0.481 e. The van der Waals surface area contributed by atoms with Gasteiger partial charge in [0.25, 0.3) is 0 Å². The van der Waals surface area contributed by atoms with E-state index in [0.29, 0.717) is 6.54 Å². The maximum atomic E-state index is 10.3. The van der Waals surface area contributed by atoms with Crippen LogP contribution in [0, 0.1) is 0 Å². The molecule has 6 heteroatoms. The molecule has 0 spiro atoms. The fourth-order valence-corrected chi connectivity index (χ4v) is 2.02. The van der Waals surface area contributed by atoms with Crippen LogP contribution in [0.25, 0.3) is 0 Å². The zero-order valence-corrected chi connectivity index (χ0v) is 9.43. The smallest absolute Gasteiger partial charge is 0.305 e. The Morgan fingerprint density at radius 2 is 2.54 bits per heavy atom. The summed E-state index contributed by atoms with van der Waals surface area (Å²) in [7, 11) is 1.83. The van der Waals surface area contributed by atoms with E-state index < -0.39 is 5.97 Å². The molecule has 0 saturated heterocycles. The monoisotopic (exact) mass is 264 g/mol. The van der Waals surface area contributed by atoms with Gasteiger partial charge < -0.3 is 10.0 Å². The van der Waals surface area contributed by atoms with Crippen LogP contribution in [0.15, 0.2) is 9.98 Å². The molecular formula is C7H9BrN2O2S. The van der Waals surface area contributed by atoms with Crippen LogP contribution in [0.5, 0.6) is 0 Å². The van der Waals surface area contributed by atoms with Gasteiger partial charge >= 0.3 is 5.97 Å². The van der Waals surface area contributed by atoms with Gasteiger partial charge in [-0.25, -0.2) is 4.98 Å². The topological polar surface area (TPSA) is 53.4 Å². The number of carboxylic acid groups (broad SMARTS) is 1. The molecule has 0 bridgehead atoms. The standard InChI is InChI=1S/C7H9BrN2O2S/c1-10(3-2-6(11)12)7-9-5(8)4-13-7/h4H,2-3H2,1H3,(H,11,12). The van der Waals surface area contributed by atoms with E-state index in [9.17, 15) is 4.79 Å². The minimum absolute atomic E-state index is 0.133. The number of hydrogen-bond acceptors (Lipinski definition) is 4. The molecule has 4 nitrogen and oxygen atoms in total. The summed E-state index contributed by atoms with van der Waals surface area (Å²) in [6.45, 7) is 0.481. The van der Waals surface area contributed by atoms with Crippen LogP contribution in [-0.4, -0.2) is 29.7 Å². The molecule has 1 heterocycles. The van der Waals surface area contributed by atoms with Crippen molar-refractivity contribution < 1.29 is 9.90 Å². The van der Waals surface area contributed by atoms with E-state index in [4.69, 9.17) is 5.11 Å². The molecular weight excluding hydrogens is 256 g/mol. The lowest BCUT2D eigenvalue weighted by molar-refractivity contribution is -0.136. The molecule has 72 valence electrons. The van der Waals surface area contributed by atoms with Gasteiger partial charge in [0.2, 0.25) is 0 Å². The van der Waals surface area contributed by atoms with Crippen LogP contribution in [0.2, 0.25) is 0 Å². The van der Waals surface area contributed by atoms with Crippen molar-refractivity contribution in [1.82, 2.24) is 4.98 Å². The molecule has 0 aliphatic carbocycles. The van der Waals surface area contributed by atoms with Crippen LogP contribution in [0.4, 0.5) is 5.13 Å². The highest BCUT2D eigenvalue weighted by Crippen LogP contribution is 2.22. The second kappa shape index (κ2) is 4.57. The Morgan fingerprint density at radius 1 is 1.85 bits per heavy atom. The zero-order valence-electron chi connectivity index (χ0n) is 7.03. The Hall–Kier alpha value is -0.620. The minimum Gasteiger partial charge on any atom is -0.481 e. The summed E-state index contributed by atoms with van der Waals surface area (Å²) >= 11 is 4.72. The van der Waals surface area contributed by atoms with Crippen LogP contribution in [0.1, 0.15) is 6.42 Å². The molecule has 0 saturated carbocycles. The van der Waals surface area contributed by atoms with Crippen molar-refractivity contribution in [3.63, 3.8) is 0 Å². The Morgan fingerprint density at radius 3 is 3.00 bits per heavy atom. The number of carboxylic acids is 1. The number of nitrogens with zero attached hydrogens (tertiary/aromatic N) is 2. The molecule has 0 atom stereocenters. The molecule has 0 unspecified atom stereocenters. The molecule has 1 N–H and O–H groups in total. The summed E-state index contributed by atoms with van der Waals surface area (Å²) in [5.41, 5.74) is 0. The van der Waals surface area contributed by atoms with Gasteiger partial charge in [0, 0.05) is 19.0 Å². The third kappa shape index (κ3) is 3.31. The van der Waals surface area contributed by atoms with Gasteiger partial charge in [-0.05, 0) is 15.9 Å². The second-order valence-electron chi connectivity index (χ2n) is 2.52. The summed E-state index contributed by atoms with van der Waals surface area (Å²) in [6.07, 6.45) is 0.133. The van der Waals surface area contributed by atoms with Crippen LogP contribution in [0.3, 0.4) is 0 Å². The van der Waals surface area contributed by atoms with E-state index in [1.807, 2.05) is 17.3 Å². The number of rotatable bonds is 4. The maximum Gasteiger partial charge on any atom is 0.305 e. The first-order chi connectivity index (χ1) is 6.09. The van der Waals surface area contributed by atoms with Gasteiger partial charge in [-0.1, -0.05) is 0 Å². The van der Waals surface area contributed by atoms with Gasteiger partial charge in [0.05, 0.1) is 6.42 Å². The number of aromatic nitrogens is 1. The van der Waals surface area contributed by atoms with Crippen molar-refractivity contribution in [2.24, 2.45) is 0 Å². The highest BCUT2D eigenvalue weighted by atomic mass is 79.9. The molecule has 1 aromatic heterocycles. The van der Waals surface area contributed by atoms with Gasteiger partial charge in [-0.2, -0.15) is 0 Å². The van der Waals surface area contributed by atoms with Crippen molar-refractivity contribution in [2.75, 3.05) is 18.5 Å². The van der Waals surface area contributed by atoms with Crippen molar-refractivity contribution in [3.05, 3.63) is 9.98 Å². The molecule has 0 fully saturated rings. The number of carbonyl (C=O) groups is 1. The molecule has 0 aliphatic rings. The average molecular weight is 265 g/mol. The lowest BCUT2D eigenvalue weighted by Gasteiger charge is -2.13. The number of halogens is 1. The third-order valence-electron chi connectivity index (χ3n) is 1.45. The van der Waals surface area contributed by atoms with Crippen LogP contribution in [-0.2, 0) is 4.79 Å². The maximum absolute atomic E-state index is 10.3. The Balaban J connectivity index is 2.48. The number of aliphatic carboxylic acids is 1. The fourth-order valence-electron chi connectivity index (χ4n) is 0.780. The van der Waals surface area contributed by atoms with E-state index in [1.54, 1.807) is 0 Å². The summed E-state index contributed by atoms with van der Waals surface area (Å²) < 4.78 is 0.787. The summed E-state index contributed by atoms with van der Waals surface area (Å²) in [6, 6.07) is 0. The minimum atomic E-state index is -0.789. The number of hydrogen-bond donors (Lipinski definition) is 1. The predicted octanol–water partition coefficient (Wildman–Crippen LogP) is 1.82. The van der Waals surface area contributed by atoms with E-state index in [-0.39, 0.29) is 6.42 Å². The van der Waals surface area contributed by atoms with E-state index in [2.05, 4.69) is 20.9 Å². The SMILES string of the molecule is CN(CCC(=O)O)c1nc(Br)cs1. The third-order valence-corrected chi connectivity index (χ3v) is 3.12. The highest BCUT2D eigenvalue weighted by Gasteiger charge is 2.06. The quantitative estimate of drug-likeness (QED) is 0.902. The summed E-state index contributed by atoms with van der Waals surface area (Å²) in [4.78, 5) is 16.3. The van der Waals surface area contributed by atoms with Gasteiger partial charge in [0.15, 0.2) is 5.13 Å². The summed E-state index contributed by atoms with van der Waals surface area (Å²) in [5, 5.41) is 11.2. The first-order valence-electron chi connectivity index (χ1n) is 3.63. The summed E-state index contributed by atoms with van der Waals surface area (Å²) in [5.74, 6) is -0.789. The van der Waals surface area contributed by atoms with E-state index in [1.165, 1.54) is 11.3 Å². The van der Waals surface area contributed by atoms with Gasteiger partial charge in [-0.15, -0.1) is 11.3 Å². The predicted molar refractivity (Wildman–Crippen MR) is 55.3 cm³/mol. The average Bonchev–Trinajstić information content (AvgIpc) is 2.47. The second-order valence-corrected chi connectivity index (χ2v) is 4.17. The van der Waals surface area contributed by atoms with Crippen molar-refractivity contribution in [3.8, 4) is 0 Å². The Labute approximate surface area is 88.3 Å². The highest BCUT2D eigenvalue weighted by molar-refractivity contribution is 9.10. The first-order valence-corrected chi connectivity index (χ1v) is 5.31. The van der Waals surface area contributed by atoms with Gasteiger partial charge in [0.1, 0.15) is 4.60 Å². The van der Waals surface area contributed by atoms with E-state index >= 15 is 0 Å². The molecule has 1 aromatic rings. The molecule has 0 amide bonds. The number of anilines is 1. The van der Waals surface area contributed by atoms with Crippen LogP contribution >= 0.6 is 27.3 Å². The Bertz CT molecular complexity index is 302. The fraction of sp³-hybridized carbons (Fsp3) is 0.429. The Kier molecular flexibility index (Phi) is 3.68. The lowest BCUT2D eigenvalue weighted by atomic mass is 10.4. The normalized spacial score (nSPS) is 10.0. The molecule has 13 heavy (non-hydrogen) atoms. The number of thiazole rings is 1. The first kappa shape index (κ1) is 10.5. The molecule has 1 rings (SSSR count). The lowest BCUT2D eigenvalue weighted by Crippen LogP contribution is -2.20. The molecule has 0 aliphatic heterocycles. The van der Waals surface area contributed by atoms with Crippen molar-refractivity contribution in [2.45, 2.75) is 6.42 Å². The molecule has 0 aromatic carbocycles. The van der Waals surface area contributed by atoms with Crippen LogP contribution < -0.4 is 4.90 Å².